The van der Waals surface area contributed by atoms with E-state index in [1.54, 1.807) is 11.9 Å². The van der Waals surface area contributed by atoms with Crippen LogP contribution in [0.15, 0.2) is 12.1 Å². The Morgan fingerprint density at radius 3 is 2.42 bits per heavy atom. The Hall–Kier alpha value is -2.18. The molecule has 0 saturated heterocycles. The number of hydrogen-bond acceptors (Lipinski definition) is 5. The second kappa shape index (κ2) is 5.64. The summed E-state index contributed by atoms with van der Waals surface area (Å²) in [4.78, 5) is 26.9. The van der Waals surface area contributed by atoms with Gasteiger partial charge in [0.25, 0.3) is 0 Å². The molecule has 1 atom stereocenters. The van der Waals surface area contributed by atoms with E-state index in [2.05, 4.69) is 4.98 Å². The van der Waals surface area contributed by atoms with Crippen LogP contribution in [0.4, 0.5) is 11.5 Å². The van der Waals surface area contributed by atoms with Crippen molar-refractivity contribution in [1.29, 1.82) is 0 Å². The number of pyridine rings is 1. The van der Waals surface area contributed by atoms with E-state index in [1.165, 1.54) is 6.07 Å². The Bertz CT molecular complexity index is 502. The lowest BCUT2D eigenvalue weighted by molar-refractivity contribution is -0.384. The summed E-state index contributed by atoms with van der Waals surface area (Å²) in [6.07, 6.45) is 0. The average Bonchev–Trinajstić information content (AvgIpc) is 2.35. The SMILES string of the molecule is CC(C)C(C)N(C)c1nc(C(=O)O)ccc1[N+](=O)[O-]. The van der Waals surface area contributed by atoms with Crippen LogP contribution in [0.25, 0.3) is 0 Å². The number of aromatic nitrogens is 1. The highest BCUT2D eigenvalue weighted by Gasteiger charge is 2.25. The van der Waals surface area contributed by atoms with Crippen LogP contribution in [0.3, 0.4) is 0 Å². The van der Waals surface area contributed by atoms with Crippen molar-refractivity contribution < 1.29 is 14.8 Å². The van der Waals surface area contributed by atoms with Crippen LogP contribution in [0, 0.1) is 16.0 Å². The molecular formula is C12H17N3O4. The molecule has 0 aliphatic rings. The van der Waals surface area contributed by atoms with Gasteiger partial charge in [-0.3, -0.25) is 10.1 Å². The minimum atomic E-state index is -1.21. The third-order valence-electron chi connectivity index (χ3n) is 3.18. The average molecular weight is 267 g/mol. The lowest BCUT2D eigenvalue weighted by Gasteiger charge is -2.28. The molecule has 7 nitrogen and oxygen atoms in total. The van der Waals surface area contributed by atoms with Crippen molar-refractivity contribution in [2.75, 3.05) is 11.9 Å². The molecule has 0 aromatic carbocycles. The highest BCUT2D eigenvalue weighted by Crippen LogP contribution is 2.28. The summed E-state index contributed by atoms with van der Waals surface area (Å²) in [5.74, 6) is -0.882. The monoisotopic (exact) mass is 267 g/mol. The molecule has 1 unspecified atom stereocenters. The van der Waals surface area contributed by atoms with Gasteiger partial charge >= 0.3 is 11.7 Å². The number of carboxylic acids is 1. The summed E-state index contributed by atoms with van der Waals surface area (Å²) in [7, 11) is 1.67. The standard InChI is InChI=1S/C12H17N3O4/c1-7(2)8(3)14(4)11-10(15(18)19)6-5-9(13-11)12(16)17/h5-8H,1-4H3,(H,16,17). The molecule has 0 fully saturated rings. The van der Waals surface area contributed by atoms with Gasteiger partial charge in [0, 0.05) is 19.2 Å². The van der Waals surface area contributed by atoms with Crippen molar-refractivity contribution in [1.82, 2.24) is 4.98 Å². The molecule has 1 aromatic heterocycles. The van der Waals surface area contributed by atoms with Gasteiger partial charge in [-0.15, -0.1) is 0 Å². The van der Waals surface area contributed by atoms with Gasteiger partial charge in [-0.25, -0.2) is 9.78 Å². The molecule has 0 amide bonds. The van der Waals surface area contributed by atoms with Crippen molar-refractivity contribution in [2.45, 2.75) is 26.8 Å². The van der Waals surface area contributed by atoms with Crippen LogP contribution in [0.5, 0.6) is 0 Å². The molecule has 19 heavy (non-hydrogen) atoms. The predicted octanol–water partition coefficient (Wildman–Crippen LogP) is 2.17. The summed E-state index contributed by atoms with van der Waals surface area (Å²) in [6, 6.07) is 2.31. The first-order chi connectivity index (χ1) is 8.75. The fourth-order valence-electron chi connectivity index (χ4n) is 1.60. The number of carbonyl (C=O) groups is 1. The predicted molar refractivity (Wildman–Crippen MR) is 70.6 cm³/mol. The molecular weight excluding hydrogens is 250 g/mol. The molecule has 0 aliphatic heterocycles. The van der Waals surface area contributed by atoms with Gasteiger partial charge < -0.3 is 10.0 Å². The third-order valence-corrected chi connectivity index (χ3v) is 3.18. The minimum absolute atomic E-state index is 0.00440. The Morgan fingerprint density at radius 1 is 1.42 bits per heavy atom. The van der Waals surface area contributed by atoms with Crippen molar-refractivity contribution in [3.8, 4) is 0 Å². The number of nitrogens with zero attached hydrogens (tertiary/aromatic N) is 3. The highest BCUT2D eigenvalue weighted by molar-refractivity contribution is 5.86. The van der Waals surface area contributed by atoms with Crippen molar-refractivity contribution >= 4 is 17.5 Å². The zero-order valence-corrected chi connectivity index (χ0v) is 11.3. The fraction of sp³-hybridized carbons (Fsp3) is 0.500. The number of aromatic carboxylic acids is 1. The van der Waals surface area contributed by atoms with E-state index in [-0.39, 0.29) is 29.2 Å². The van der Waals surface area contributed by atoms with Crippen LogP contribution in [-0.4, -0.2) is 34.1 Å². The van der Waals surface area contributed by atoms with Crippen LogP contribution in [0.2, 0.25) is 0 Å². The maximum atomic E-state index is 11.0. The van der Waals surface area contributed by atoms with Crippen LogP contribution >= 0.6 is 0 Å². The Labute approximate surface area is 111 Å². The van der Waals surface area contributed by atoms with Crippen LogP contribution in [0.1, 0.15) is 31.3 Å². The summed E-state index contributed by atoms with van der Waals surface area (Å²) < 4.78 is 0. The van der Waals surface area contributed by atoms with E-state index in [0.29, 0.717) is 0 Å². The molecule has 0 bridgehead atoms. The van der Waals surface area contributed by atoms with Gasteiger partial charge in [-0.1, -0.05) is 13.8 Å². The van der Waals surface area contributed by atoms with Gasteiger partial charge in [-0.05, 0) is 18.9 Å². The van der Waals surface area contributed by atoms with Gasteiger partial charge in [0.15, 0.2) is 5.69 Å². The molecule has 7 heteroatoms. The normalized spacial score (nSPS) is 12.3. The number of nitro groups is 1. The molecule has 1 aromatic rings. The molecule has 0 spiro atoms. The van der Waals surface area contributed by atoms with Crippen LogP contribution in [-0.2, 0) is 0 Å². The number of carboxylic acid groups (broad SMARTS) is 1. The maximum absolute atomic E-state index is 11.0. The quantitative estimate of drug-likeness (QED) is 0.648. The smallest absolute Gasteiger partial charge is 0.354 e. The zero-order valence-electron chi connectivity index (χ0n) is 11.3. The first-order valence-electron chi connectivity index (χ1n) is 5.87. The first-order valence-corrected chi connectivity index (χ1v) is 5.87. The minimum Gasteiger partial charge on any atom is -0.477 e. The van der Waals surface area contributed by atoms with Crippen molar-refractivity contribution in [2.24, 2.45) is 5.92 Å². The van der Waals surface area contributed by atoms with E-state index in [4.69, 9.17) is 5.11 Å². The van der Waals surface area contributed by atoms with E-state index in [1.807, 2.05) is 20.8 Å². The van der Waals surface area contributed by atoms with Gasteiger partial charge in [0.2, 0.25) is 5.82 Å². The molecule has 0 aliphatic carbocycles. The summed E-state index contributed by atoms with van der Waals surface area (Å²) in [5.41, 5.74) is -0.400. The number of hydrogen-bond donors (Lipinski definition) is 1. The lowest BCUT2D eigenvalue weighted by atomic mass is 10.1. The third kappa shape index (κ3) is 3.18. The van der Waals surface area contributed by atoms with Gasteiger partial charge in [-0.2, -0.15) is 0 Å². The van der Waals surface area contributed by atoms with Crippen molar-refractivity contribution in [3.05, 3.63) is 27.9 Å². The summed E-state index contributed by atoms with van der Waals surface area (Å²) in [5, 5.41) is 19.9. The highest BCUT2D eigenvalue weighted by atomic mass is 16.6. The molecule has 0 radical (unpaired) electrons. The number of rotatable bonds is 5. The zero-order chi connectivity index (χ0) is 14.7. The Morgan fingerprint density at radius 2 is 2.00 bits per heavy atom. The Kier molecular flexibility index (Phi) is 4.42. The van der Waals surface area contributed by atoms with E-state index >= 15 is 0 Å². The fourth-order valence-corrected chi connectivity index (χ4v) is 1.60. The molecule has 1 N–H and O–H groups in total. The first kappa shape index (κ1) is 14.9. The molecule has 1 rings (SSSR count). The largest absolute Gasteiger partial charge is 0.477 e. The lowest BCUT2D eigenvalue weighted by Crippen LogP contribution is -2.34. The van der Waals surface area contributed by atoms with Gasteiger partial charge in [0.05, 0.1) is 4.92 Å². The molecule has 104 valence electrons. The van der Waals surface area contributed by atoms with Crippen LogP contribution < -0.4 is 4.90 Å². The topological polar surface area (TPSA) is 96.6 Å². The van der Waals surface area contributed by atoms with E-state index < -0.39 is 10.9 Å². The van der Waals surface area contributed by atoms with Crippen molar-refractivity contribution in [3.63, 3.8) is 0 Å². The Balaban J connectivity index is 3.32. The summed E-state index contributed by atoms with van der Waals surface area (Å²) >= 11 is 0. The second-order valence-corrected chi connectivity index (χ2v) is 4.70. The van der Waals surface area contributed by atoms with E-state index in [0.717, 1.165) is 6.07 Å². The second-order valence-electron chi connectivity index (χ2n) is 4.70. The van der Waals surface area contributed by atoms with E-state index in [9.17, 15) is 14.9 Å². The summed E-state index contributed by atoms with van der Waals surface area (Å²) in [6.45, 7) is 5.87. The maximum Gasteiger partial charge on any atom is 0.354 e. The number of anilines is 1. The molecule has 0 saturated carbocycles. The molecule has 1 heterocycles. The van der Waals surface area contributed by atoms with Gasteiger partial charge in [0.1, 0.15) is 0 Å².